The molecule has 2 fully saturated rings. The van der Waals surface area contributed by atoms with Crippen LogP contribution in [0.25, 0.3) is 0 Å². The molecular formula is C17H24N4O4S. The van der Waals surface area contributed by atoms with Gasteiger partial charge in [-0.3, -0.25) is 9.59 Å². The molecule has 0 aliphatic carbocycles. The minimum atomic E-state index is -3.47. The molecule has 0 bridgehead atoms. The number of amides is 2. The van der Waals surface area contributed by atoms with Crippen LogP contribution < -0.4 is 14.3 Å². The Bertz CT molecular complexity index is 760. The van der Waals surface area contributed by atoms with Crippen molar-refractivity contribution in [3.05, 3.63) is 30.3 Å². The Labute approximate surface area is 153 Å². The lowest BCUT2D eigenvalue weighted by Gasteiger charge is -2.33. The van der Waals surface area contributed by atoms with Crippen molar-refractivity contribution in [1.82, 2.24) is 14.3 Å². The largest absolute Gasteiger partial charge is 0.342 e. The predicted molar refractivity (Wildman–Crippen MR) is 97.6 cm³/mol. The zero-order chi connectivity index (χ0) is 18.7. The van der Waals surface area contributed by atoms with Crippen LogP contribution in [0.2, 0.25) is 0 Å². The van der Waals surface area contributed by atoms with Crippen LogP contribution >= 0.6 is 0 Å². The van der Waals surface area contributed by atoms with E-state index < -0.39 is 10.2 Å². The van der Waals surface area contributed by atoms with Gasteiger partial charge in [-0.1, -0.05) is 18.2 Å². The molecule has 0 spiro atoms. The van der Waals surface area contributed by atoms with E-state index in [-0.39, 0.29) is 30.2 Å². The molecule has 0 saturated carbocycles. The van der Waals surface area contributed by atoms with Gasteiger partial charge in [-0.25, -0.2) is 4.72 Å². The number of nitrogens with zero attached hydrogens (tertiary/aromatic N) is 2. The normalized spacial score (nSPS) is 22.0. The zero-order valence-electron chi connectivity index (χ0n) is 14.7. The average Bonchev–Trinajstić information content (AvgIpc) is 3.04. The van der Waals surface area contributed by atoms with Gasteiger partial charge in [0.15, 0.2) is 0 Å². The number of para-hydroxylation sites is 1. The maximum atomic E-state index is 12.8. The minimum absolute atomic E-state index is 0.0216. The van der Waals surface area contributed by atoms with Crippen molar-refractivity contribution < 1.29 is 18.0 Å². The van der Waals surface area contributed by atoms with Gasteiger partial charge in [0.25, 0.3) is 10.2 Å². The highest BCUT2D eigenvalue weighted by Gasteiger charge is 2.38. The monoisotopic (exact) mass is 380 g/mol. The van der Waals surface area contributed by atoms with E-state index >= 15 is 0 Å². The van der Waals surface area contributed by atoms with Gasteiger partial charge in [-0.2, -0.15) is 13.1 Å². The number of rotatable bonds is 5. The first-order valence-electron chi connectivity index (χ1n) is 8.74. The van der Waals surface area contributed by atoms with Crippen molar-refractivity contribution >= 4 is 27.7 Å². The second-order valence-electron chi connectivity index (χ2n) is 6.67. The van der Waals surface area contributed by atoms with Crippen LogP contribution in [-0.4, -0.2) is 57.9 Å². The third kappa shape index (κ3) is 4.22. The molecule has 3 rings (SSSR count). The summed E-state index contributed by atoms with van der Waals surface area (Å²) >= 11 is 0. The average molecular weight is 380 g/mol. The van der Waals surface area contributed by atoms with Crippen molar-refractivity contribution in [1.29, 1.82) is 0 Å². The fourth-order valence-electron chi connectivity index (χ4n) is 3.48. The number of anilines is 1. The highest BCUT2D eigenvalue weighted by atomic mass is 32.2. The first-order valence-corrected chi connectivity index (χ1v) is 10.2. The Hall–Kier alpha value is -1.97. The van der Waals surface area contributed by atoms with Crippen molar-refractivity contribution in [3.63, 3.8) is 0 Å². The molecule has 1 unspecified atom stereocenters. The maximum Gasteiger partial charge on any atom is 0.276 e. The van der Waals surface area contributed by atoms with Gasteiger partial charge >= 0.3 is 0 Å². The van der Waals surface area contributed by atoms with Crippen LogP contribution in [0.15, 0.2) is 30.3 Å². The summed E-state index contributed by atoms with van der Waals surface area (Å²) < 4.78 is 27.9. The Morgan fingerprint density at radius 1 is 1.15 bits per heavy atom. The summed E-state index contributed by atoms with van der Waals surface area (Å²) in [6, 6.07) is 9.18. The SMILES string of the molecule is CNS(=O)(=O)NC1CCN(C(=O)C2CC(=O)N(c3ccccc3)C2)CC1. The maximum absolute atomic E-state index is 12.8. The van der Waals surface area contributed by atoms with Gasteiger partial charge in [0, 0.05) is 44.8 Å². The van der Waals surface area contributed by atoms with E-state index in [9.17, 15) is 18.0 Å². The molecule has 142 valence electrons. The fourth-order valence-corrected chi connectivity index (χ4v) is 4.28. The molecule has 2 saturated heterocycles. The second kappa shape index (κ2) is 7.73. The van der Waals surface area contributed by atoms with E-state index in [2.05, 4.69) is 9.44 Å². The van der Waals surface area contributed by atoms with Crippen LogP contribution in [0.4, 0.5) is 5.69 Å². The van der Waals surface area contributed by atoms with Crippen LogP contribution in [0.3, 0.4) is 0 Å². The van der Waals surface area contributed by atoms with E-state index in [1.54, 1.807) is 9.80 Å². The summed E-state index contributed by atoms with van der Waals surface area (Å²) in [6.45, 7) is 1.38. The van der Waals surface area contributed by atoms with Gasteiger partial charge in [-0.05, 0) is 25.0 Å². The Balaban J connectivity index is 1.55. The Morgan fingerprint density at radius 2 is 1.81 bits per heavy atom. The highest BCUT2D eigenvalue weighted by molar-refractivity contribution is 7.87. The first kappa shape index (κ1) is 18.8. The van der Waals surface area contributed by atoms with Gasteiger partial charge in [0.05, 0.1) is 5.92 Å². The molecule has 9 heteroatoms. The van der Waals surface area contributed by atoms with Gasteiger partial charge in [0.1, 0.15) is 0 Å². The molecule has 1 atom stereocenters. The Morgan fingerprint density at radius 3 is 2.42 bits per heavy atom. The van der Waals surface area contributed by atoms with Crippen molar-refractivity contribution in [3.8, 4) is 0 Å². The number of benzene rings is 1. The number of nitrogens with one attached hydrogen (secondary N) is 2. The number of carbonyl (C=O) groups is 2. The summed E-state index contributed by atoms with van der Waals surface area (Å²) in [4.78, 5) is 28.5. The number of carbonyl (C=O) groups excluding carboxylic acids is 2. The third-order valence-corrected chi connectivity index (χ3v) is 6.12. The van der Waals surface area contributed by atoms with Crippen molar-refractivity contribution in [2.24, 2.45) is 5.92 Å². The topological polar surface area (TPSA) is 98.8 Å². The third-order valence-electron chi connectivity index (χ3n) is 4.94. The minimum Gasteiger partial charge on any atom is -0.342 e. The summed E-state index contributed by atoms with van der Waals surface area (Å²) in [6.07, 6.45) is 1.35. The van der Waals surface area contributed by atoms with E-state index in [0.29, 0.717) is 32.5 Å². The van der Waals surface area contributed by atoms with Crippen LogP contribution in [0.5, 0.6) is 0 Å². The molecule has 2 aliphatic heterocycles. The van der Waals surface area contributed by atoms with E-state index in [0.717, 1.165) is 5.69 Å². The van der Waals surface area contributed by atoms with Crippen LogP contribution in [0.1, 0.15) is 19.3 Å². The standard InChI is InChI=1S/C17H24N4O4S/c1-18-26(24,25)19-14-7-9-20(10-8-14)17(23)13-11-16(22)21(12-13)15-5-3-2-4-6-15/h2-6,13-14,18-19H,7-12H2,1H3. The van der Waals surface area contributed by atoms with Crippen LogP contribution in [-0.2, 0) is 19.8 Å². The fraction of sp³-hybridized carbons (Fsp3) is 0.529. The number of piperidine rings is 1. The zero-order valence-corrected chi connectivity index (χ0v) is 15.5. The Kier molecular flexibility index (Phi) is 5.59. The lowest BCUT2D eigenvalue weighted by Crippen LogP contribution is -2.50. The predicted octanol–water partition coefficient (Wildman–Crippen LogP) is 0.0843. The first-order chi connectivity index (χ1) is 12.4. The van der Waals surface area contributed by atoms with E-state index in [1.165, 1.54) is 7.05 Å². The molecular weight excluding hydrogens is 356 g/mol. The molecule has 0 radical (unpaired) electrons. The lowest BCUT2D eigenvalue weighted by atomic mass is 10.0. The molecule has 0 aromatic heterocycles. The molecule has 26 heavy (non-hydrogen) atoms. The quantitative estimate of drug-likeness (QED) is 0.756. The molecule has 2 amide bonds. The molecule has 1 aromatic carbocycles. The van der Waals surface area contributed by atoms with Crippen molar-refractivity contribution in [2.75, 3.05) is 31.6 Å². The lowest BCUT2D eigenvalue weighted by molar-refractivity contribution is -0.136. The molecule has 2 aliphatic rings. The molecule has 2 heterocycles. The van der Waals surface area contributed by atoms with Gasteiger partial charge in [-0.15, -0.1) is 0 Å². The smallest absolute Gasteiger partial charge is 0.276 e. The highest BCUT2D eigenvalue weighted by Crippen LogP contribution is 2.27. The van der Waals surface area contributed by atoms with E-state index in [1.807, 2.05) is 30.3 Å². The molecule has 1 aromatic rings. The number of hydrogen-bond donors (Lipinski definition) is 2. The van der Waals surface area contributed by atoms with Crippen LogP contribution in [0, 0.1) is 5.92 Å². The number of likely N-dealkylation sites (tertiary alicyclic amines) is 1. The van der Waals surface area contributed by atoms with Gasteiger partial charge < -0.3 is 9.80 Å². The summed E-state index contributed by atoms with van der Waals surface area (Å²) in [5, 5.41) is 0. The molecule has 2 N–H and O–H groups in total. The van der Waals surface area contributed by atoms with E-state index in [4.69, 9.17) is 0 Å². The number of hydrogen-bond acceptors (Lipinski definition) is 4. The summed E-state index contributed by atoms with van der Waals surface area (Å²) in [5.41, 5.74) is 0.813. The van der Waals surface area contributed by atoms with Crippen molar-refractivity contribution in [2.45, 2.75) is 25.3 Å². The summed E-state index contributed by atoms with van der Waals surface area (Å²) in [7, 11) is -2.11. The molecule has 8 nitrogen and oxygen atoms in total. The second-order valence-corrected chi connectivity index (χ2v) is 8.32. The van der Waals surface area contributed by atoms with Gasteiger partial charge in [0.2, 0.25) is 11.8 Å². The summed E-state index contributed by atoms with van der Waals surface area (Å²) in [5.74, 6) is -0.397.